The van der Waals surface area contributed by atoms with Gasteiger partial charge in [-0.15, -0.1) is 0 Å². The third kappa shape index (κ3) is 3.17. The van der Waals surface area contributed by atoms with Crippen molar-refractivity contribution in [2.45, 2.75) is 6.92 Å². The Balaban J connectivity index is 2.24. The number of carbonyl (C=O) groups excluding carboxylic acids is 1. The molecule has 0 atom stereocenters. The minimum absolute atomic E-state index is 0.0294. The maximum atomic E-state index is 13.8. The molecule has 2 rings (SSSR count). The number of anilines is 1. The minimum atomic E-state index is -0.620. The van der Waals surface area contributed by atoms with Gasteiger partial charge in [0.1, 0.15) is 11.6 Å². The molecule has 0 saturated carbocycles. The smallest absolute Gasteiger partial charge is 0.258 e. The van der Waals surface area contributed by atoms with Crippen molar-refractivity contribution in [3.05, 3.63) is 57.8 Å². The van der Waals surface area contributed by atoms with E-state index >= 15 is 0 Å². The molecule has 2 aromatic carbocycles. The van der Waals surface area contributed by atoms with E-state index in [1.165, 1.54) is 19.2 Å². The van der Waals surface area contributed by atoms with Gasteiger partial charge in [0.2, 0.25) is 0 Å². The molecule has 20 heavy (non-hydrogen) atoms. The third-order valence-corrected chi connectivity index (χ3v) is 3.45. The van der Waals surface area contributed by atoms with Crippen molar-refractivity contribution < 1.29 is 13.9 Å². The summed E-state index contributed by atoms with van der Waals surface area (Å²) in [6, 6.07) is 9.62. The van der Waals surface area contributed by atoms with E-state index < -0.39 is 11.7 Å². The van der Waals surface area contributed by atoms with Crippen LogP contribution in [0.5, 0.6) is 5.75 Å². The van der Waals surface area contributed by atoms with Gasteiger partial charge in [-0.1, -0.05) is 6.07 Å². The molecule has 0 aliphatic heterocycles. The summed E-state index contributed by atoms with van der Waals surface area (Å²) >= 11 is 3.36. The number of ether oxygens (including phenoxy) is 1. The maximum Gasteiger partial charge on any atom is 0.258 e. The predicted octanol–water partition coefficient (Wildman–Crippen LogP) is 4.16. The number of hydrogen-bond acceptors (Lipinski definition) is 2. The van der Waals surface area contributed by atoms with E-state index in [1.54, 1.807) is 12.1 Å². The number of benzene rings is 2. The number of aryl methyl sites for hydroxylation is 1. The van der Waals surface area contributed by atoms with Crippen LogP contribution in [-0.4, -0.2) is 13.0 Å². The van der Waals surface area contributed by atoms with Crippen LogP contribution < -0.4 is 10.1 Å². The second-order valence-corrected chi connectivity index (χ2v) is 5.14. The lowest BCUT2D eigenvalue weighted by Crippen LogP contribution is -2.14. The average molecular weight is 338 g/mol. The normalized spacial score (nSPS) is 10.2. The van der Waals surface area contributed by atoms with Crippen molar-refractivity contribution >= 4 is 27.5 Å². The van der Waals surface area contributed by atoms with Crippen LogP contribution in [0, 0.1) is 12.7 Å². The molecule has 104 valence electrons. The summed E-state index contributed by atoms with van der Waals surface area (Å²) in [6.45, 7) is 1.94. The molecule has 0 unspecified atom stereocenters. The van der Waals surface area contributed by atoms with E-state index in [1.807, 2.05) is 19.1 Å². The fraction of sp³-hybridized carbons (Fsp3) is 0.133. The van der Waals surface area contributed by atoms with E-state index in [-0.39, 0.29) is 5.56 Å². The zero-order valence-electron chi connectivity index (χ0n) is 11.0. The Morgan fingerprint density at radius 3 is 2.60 bits per heavy atom. The highest BCUT2D eigenvalue weighted by molar-refractivity contribution is 9.10. The Morgan fingerprint density at radius 1 is 1.25 bits per heavy atom. The van der Waals surface area contributed by atoms with Gasteiger partial charge < -0.3 is 10.1 Å². The first kappa shape index (κ1) is 14.5. The molecule has 0 bridgehead atoms. The second-order valence-electron chi connectivity index (χ2n) is 4.28. The fourth-order valence-electron chi connectivity index (χ4n) is 1.72. The Hall–Kier alpha value is -1.88. The van der Waals surface area contributed by atoms with Crippen LogP contribution in [0.25, 0.3) is 0 Å². The molecule has 3 nitrogen and oxygen atoms in total. The molecule has 0 spiro atoms. The van der Waals surface area contributed by atoms with Gasteiger partial charge in [0.15, 0.2) is 0 Å². The quantitative estimate of drug-likeness (QED) is 0.913. The van der Waals surface area contributed by atoms with E-state index in [2.05, 4.69) is 21.2 Å². The molecule has 0 aliphatic carbocycles. The Bertz CT molecular complexity index is 658. The van der Waals surface area contributed by atoms with Crippen molar-refractivity contribution in [3.8, 4) is 5.75 Å². The van der Waals surface area contributed by atoms with Crippen molar-refractivity contribution in [1.82, 2.24) is 0 Å². The van der Waals surface area contributed by atoms with E-state index in [0.29, 0.717) is 11.4 Å². The zero-order chi connectivity index (χ0) is 14.7. The van der Waals surface area contributed by atoms with E-state index in [0.717, 1.165) is 10.0 Å². The lowest BCUT2D eigenvalue weighted by Gasteiger charge is -2.09. The third-order valence-electron chi connectivity index (χ3n) is 2.79. The Labute approximate surface area is 124 Å². The topological polar surface area (TPSA) is 38.3 Å². The van der Waals surface area contributed by atoms with Gasteiger partial charge in [0.25, 0.3) is 5.91 Å². The van der Waals surface area contributed by atoms with Gasteiger partial charge in [0.05, 0.1) is 18.4 Å². The molecule has 0 heterocycles. The van der Waals surface area contributed by atoms with Crippen LogP contribution in [0.2, 0.25) is 0 Å². The van der Waals surface area contributed by atoms with Crippen LogP contribution in [0.1, 0.15) is 15.9 Å². The van der Waals surface area contributed by atoms with Gasteiger partial charge in [-0.2, -0.15) is 0 Å². The standard InChI is InChI=1S/C15H13BrFNO2/c1-9-3-6-14(12(16)7-9)18-15(19)11-5-4-10(20-2)8-13(11)17/h3-8H,1-2H3,(H,18,19). The number of rotatable bonds is 3. The number of amides is 1. The first-order valence-corrected chi connectivity index (χ1v) is 6.71. The average Bonchev–Trinajstić information content (AvgIpc) is 2.41. The molecular formula is C15H13BrFNO2. The fourth-order valence-corrected chi connectivity index (χ4v) is 2.31. The van der Waals surface area contributed by atoms with Crippen molar-refractivity contribution in [2.75, 3.05) is 12.4 Å². The first-order valence-electron chi connectivity index (χ1n) is 5.92. The minimum Gasteiger partial charge on any atom is -0.497 e. The molecule has 0 radical (unpaired) electrons. The van der Waals surface area contributed by atoms with E-state index in [9.17, 15) is 9.18 Å². The highest BCUT2D eigenvalue weighted by atomic mass is 79.9. The number of halogens is 2. The molecule has 0 aromatic heterocycles. The zero-order valence-corrected chi connectivity index (χ0v) is 12.6. The van der Waals surface area contributed by atoms with Crippen LogP contribution in [0.15, 0.2) is 40.9 Å². The molecule has 1 amide bonds. The molecular weight excluding hydrogens is 325 g/mol. The molecule has 1 N–H and O–H groups in total. The molecule has 0 saturated heterocycles. The number of hydrogen-bond donors (Lipinski definition) is 1. The summed E-state index contributed by atoms with van der Waals surface area (Å²) in [7, 11) is 1.44. The molecule has 2 aromatic rings. The van der Waals surface area contributed by atoms with Gasteiger partial charge in [-0.05, 0) is 52.7 Å². The van der Waals surface area contributed by atoms with Crippen LogP contribution in [0.3, 0.4) is 0 Å². The highest BCUT2D eigenvalue weighted by Crippen LogP contribution is 2.24. The number of nitrogens with one attached hydrogen (secondary N) is 1. The van der Waals surface area contributed by atoms with Gasteiger partial charge >= 0.3 is 0 Å². The molecule has 0 aliphatic rings. The van der Waals surface area contributed by atoms with E-state index in [4.69, 9.17) is 4.74 Å². The van der Waals surface area contributed by atoms with Crippen LogP contribution in [0.4, 0.5) is 10.1 Å². The summed E-state index contributed by atoms with van der Waals surface area (Å²) in [4.78, 5) is 12.1. The second kappa shape index (κ2) is 6.05. The predicted molar refractivity (Wildman–Crippen MR) is 79.8 cm³/mol. The van der Waals surface area contributed by atoms with Crippen molar-refractivity contribution in [3.63, 3.8) is 0 Å². The SMILES string of the molecule is COc1ccc(C(=O)Nc2ccc(C)cc2Br)c(F)c1. The van der Waals surface area contributed by atoms with Crippen molar-refractivity contribution in [2.24, 2.45) is 0 Å². The maximum absolute atomic E-state index is 13.8. The number of carbonyl (C=O) groups is 1. The van der Waals surface area contributed by atoms with Gasteiger partial charge in [-0.3, -0.25) is 4.79 Å². The highest BCUT2D eigenvalue weighted by Gasteiger charge is 2.14. The van der Waals surface area contributed by atoms with Crippen LogP contribution >= 0.6 is 15.9 Å². The largest absolute Gasteiger partial charge is 0.497 e. The van der Waals surface area contributed by atoms with Gasteiger partial charge in [-0.25, -0.2) is 4.39 Å². The summed E-state index contributed by atoms with van der Waals surface area (Å²) in [6.07, 6.45) is 0. The Kier molecular flexibility index (Phi) is 4.39. The van der Waals surface area contributed by atoms with Crippen molar-refractivity contribution in [1.29, 1.82) is 0 Å². The molecule has 5 heteroatoms. The summed E-state index contributed by atoms with van der Waals surface area (Å²) in [5, 5.41) is 2.67. The summed E-state index contributed by atoms with van der Waals surface area (Å²) in [5.74, 6) is -0.754. The lowest BCUT2D eigenvalue weighted by molar-refractivity contribution is 0.102. The monoisotopic (exact) mass is 337 g/mol. The summed E-state index contributed by atoms with van der Waals surface area (Å²) < 4.78 is 19.5. The molecule has 0 fully saturated rings. The van der Waals surface area contributed by atoms with Gasteiger partial charge in [0, 0.05) is 10.5 Å². The Morgan fingerprint density at radius 2 is 2.00 bits per heavy atom. The van der Waals surface area contributed by atoms with Crippen LogP contribution in [-0.2, 0) is 0 Å². The first-order chi connectivity index (χ1) is 9.51. The summed E-state index contributed by atoms with van der Waals surface area (Å²) in [5.41, 5.74) is 1.62. The lowest BCUT2D eigenvalue weighted by atomic mass is 10.1. The number of methoxy groups -OCH3 is 1.